The van der Waals surface area contributed by atoms with Crippen molar-refractivity contribution in [3.8, 4) is 0 Å². The predicted octanol–water partition coefficient (Wildman–Crippen LogP) is 5.53. The van der Waals surface area contributed by atoms with Crippen LogP contribution in [-0.2, 0) is 6.42 Å². The monoisotopic (exact) mass is 302 g/mol. The number of allylic oxidation sites excluding steroid dienone is 1. The molecule has 2 fully saturated rings. The molecule has 3 aliphatic rings. The van der Waals surface area contributed by atoms with Crippen LogP contribution in [0.1, 0.15) is 56.1 Å². The summed E-state index contributed by atoms with van der Waals surface area (Å²) in [4.78, 5) is 0.513. The van der Waals surface area contributed by atoms with Gasteiger partial charge in [-0.25, -0.2) is 4.39 Å². The van der Waals surface area contributed by atoms with Gasteiger partial charge in [0.25, 0.3) is 0 Å². The maximum atomic E-state index is 13.8. The molecular weight excluding hydrogens is 279 g/mol. The molecule has 0 radical (unpaired) electrons. The van der Waals surface area contributed by atoms with Crippen LogP contribution in [0.4, 0.5) is 4.39 Å². The van der Waals surface area contributed by atoms with E-state index < -0.39 is 0 Å². The van der Waals surface area contributed by atoms with Crippen molar-refractivity contribution >= 4 is 12.6 Å². The number of fused-ring (bicyclic) bond motifs is 5. The lowest BCUT2D eigenvalue weighted by Gasteiger charge is -2.49. The Morgan fingerprint density at radius 2 is 2.05 bits per heavy atom. The van der Waals surface area contributed by atoms with E-state index in [-0.39, 0.29) is 5.82 Å². The fraction of sp³-hybridized carbons (Fsp3) is 0.579. The van der Waals surface area contributed by atoms with Crippen LogP contribution in [0, 0.1) is 23.1 Å². The number of hydrogen-bond acceptors (Lipinski definition) is 1. The van der Waals surface area contributed by atoms with E-state index in [1.807, 2.05) is 6.07 Å². The molecule has 2 heteroatoms. The van der Waals surface area contributed by atoms with E-state index >= 15 is 0 Å². The summed E-state index contributed by atoms with van der Waals surface area (Å²) in [5.74, 6) is 1.99. The highest BCUT2D eigenvalue weighted by Gasteiger charge is 2.51. The first-order valence-corrected chi connectivity index (χ1v) is 8.65. The molecule has 1 aromatic carbocycles. The summed E-state index contributed by atoms with van der Waals surface area (Å²) in [5.41, 5.74) is 4.46. The van der Waals surface area contributed by atoms with Crippen molar-refractivity contribution in [1.29, 1.82) is 0 Å². The molecule has 0 saturated heterocycles. The molecule has 3 unspecified atom stereocenters. The minimum Gasteiger partial charge on any atom is -0.206 e. The van der Waals surface area contributed by atoms with Gasteiger partial charge >= 0.3 is 0 Å². The minimum atomic E-state index is -0.162. The Morgan fingerprint density at radius 1 is 1.24 bits per heavy atom. The zero-order valence-corrected chi connectivity index (χ0v) is 13.6. The van der Waals surface area contributed by atoms with Gasteiger partial charge in [-0.05, 0) is 85.0 Å². The number of thiol groups is 1. The molecule has 3 aliphatic carbocycles. The third kappa shape index (κ3) is 1.87. The molecule has 0 spiro atoms. The summed E-state index contributed by atoms with van der Waals surface area (Å²) in [7, 11) is 0. The van der Waals surface area contributed by atoms with Crippen LogP contribution in [0.15, 0.2) is 29.2 Å². The highest BCUT2D eigenvalue weighted by atomic mass is 32.1. The Bertz CT molecular complexity index is 620. The maximum Gasteiger partial charge on any atom is 0.136 e. The van der Waals surface area contributed by atoms with Crippen molar-refractivity contribution < 1.29 is 4.39 Å². The van der Waals surface area contributed by atoms with Crippen LogP contribution in [-0.4, -0.2) is 0 Å². The number of benzene rings is 1. The molecule has 0 heterocycles. The maximum absolute atomic E-state index is 13.8. The Balaban J connectivity index is 1.75. The first-order valence-electron chi connectivity index (χ1n) is 8.20. The fourth-order valence-corrected chi connectivity index (χ4v) is 5.69. The van der Waals surface area contributed by atoms with Crippen LogP contribution in [0.2, 0.25) is 0 Å². The second-order valence-corrected chi connectivity index (χ2v) is 8.00. The average Bonchev–Trinajstić information content (AvgIpc) is 2.76. The van der Waals surface area contributed by atoms with E-state index in [0.29, 0.717) is 16.2 Å². The van der Waals surface area contributed by atoms with Gasteiger partial charge in [-0.15, -0.1) is 12.6 Å². The molecule has 4 rings (SSSR count). The van der Waals surface area contributed by atoms with E-state index in [2.05, 4.69) is 26.1 Å². The second-order valence-electron chi connectivity index (χ2n) is 7.52. The van der Waals surface area contributed by atoms with Gasteiger partial charge in [0.05, 0.1) is 0 Å². The van der Waals surface area contributed by atoms with Gasteiger partial charge in [0.15, 0.2) is 0 Å². The summed E-state index contributed by atoms with van der Waals surface area (Å²) < 4.78 is 13.8. The van der Waals surface area contributed by atoms with Gasteiger partial charge in [0.1, 0.15) is 5.82 Å². The summed E-state index contributed by atoms with van der Waals surface area (Å²) in [6.45, 7) is 6.79. The highest BCUT2D eigenvalue weighted by Crippen LogP contribution is 2.62. The molecule has 21 heavy (non-hydrogen) atoms. The summed E-state index contributed by atoms with van der Waals surface area (Å²) in [6, 6.07) is 3.74. The van der Waals surface area contributed by atoms with Gasteiger partial charge in [-0.1, -0.05) is 19.1 Å². The van der Waals surface area contributed by atoms with E-state index in [1.54, 1.807) is 6.07 Å². The average molecular weight is 302 g/mol. The van der Waals surface area contributed by atoms with Gasteiger partial charge in [-0.2, -0.15) is 0 Å². The van der Waals surface area contributed by atoms with Crippen LogP contribution >= 0.6 is 12.6 Å². The third-order valence-electron chi connectivity index (χ3n) is 6.75. The van der Waals surface area contributed by atoms with Crippen LogP contribution in [0.3, 0.4) is 0 Å². The molecule has 0 aliphatic heterocycles. The van der Waals surface area contributed by atoms with Crippen molar-refractivity contribution in [2.45, 2.75) is 56.3 Å². The Hall–Kier alpha value is -0.760. The number of hydrogen-bond donors (Lipinski definition) is 1. The van der Waals surface area contributed by atoms with Crippen molar-refractivity contribution in [1.82, 2.24) is 0 Å². The van der Waals surface area contributed by atoms with E-state index in [9.17, 15) is 4.39 Å². The molecule has 0 amide bonds. The van der Waals surface area contributed by atoms with Gasteiger partial charge in [-0.3, -0.25) is 0 Å². The number of halogens is 1. The van der Waals surface area contributed by atoms with Gasteiger partial charge in [0, 0.05) is 4.90 Å². The first-order chi connectivity index (χ1) is 10.0. The zero-order chi connectivity index (χ0) is 14.8. The van der Waals surface area contributed by atoms with E-state index in [4.69, 9.17) is 0 Å². The summed E-state index contributed by atoms with van der Waals surface area (Å²) in [5, 5.41) is 0. The summed E-state index contributed by atoms with van der Waals surface area (Å²) in [6.07, 6.45) is 7.23. The largest absolute Gasteiger partial charge is 0.206 e. The van der Waals surface area contributed by atoms with E-state index in [0.717, 1.165) is 18.3 Å². The predicted molar refractivity (Wildman–Crippen MR) is 87.4 cm³/mol. The molecular formula is C19H23FS. The van der Waals surface area contributed by atoms with Crippen LogP contribution < -0.4 is 0 Å². The van der Waals surface area contributed by atoms with Crippen LogP contribution in [0.25, 0.3) is 0 Å². The van der Waals surface area contributed by atoms with Gasteiger partial charge in [0.2, 0.25) is 0 Å². The Labute approximate surface area is 132 Å². The molecule has 0 N–H and O–H groups in total. The molecule has 112 valence electrons. The molecule has 1 aromatic rings. The normalized spacial score (nSPS) is 37.9. The zero-order valence-electron chi connectivity index (χ0n) is 12.7. The van der Waals surface area contributed by atoms with Crippen molar-refractivity contribution in [3.63, 3.8) is 0 Å². The van der Waals surface area contributed by atoms with Crippen molar-refractivity contribution in [3.05, 3.63) is 41.2 Å². The minimum absolute atomic E-state index is 0.162. The lowest BCUT2D eigenvalue weighted by Crippen LogP contribution is -2.40. The van der Waals surface area contributed by atoms with Crippen molar-refractivity contribution in [2.24, 2.45) is 17.3 Å². The molecule has 0 aromatic heterocycles. The standard InChI is InChI=1S/C19H23FS/c1-11-3-6-16-14-5-4-12-9-17(20)18(21)10-15(12)13(14)7-8-19(11,16)2/h9-10,13-14,16,21H,1,3-8H2,2H3/t13?,14?,16?,19-/m1/s1. The Morgan fingerprint density at radius 3 is 2.86 bits per heavy atom. The highest BCUT2D eigenvalue weighted by molar-refractivity contribution is 7.80. The lowest BCUT2D eigenvalue weighted by atomic mass is 9.55. The number of rotatable bonds is 0. The molecule has 0 bridgehead atoms. The number of aryl methyl sites for hydroxylation is 1. The fourth-order valence-electron chi connectivity index (χ4n) is 5.49. The first kappa shape index (κ1) is 13.9. The van der Waals surface area contributed by atoms with Gasteiger partial charge < -0.3 is 0 Å². The summed E-state index contributed by atoms with van der Waals surface area (Å²) >= 11 is 4.31. The topological polar surface area (TPSA) is 0 Å². The molecule has 0 nitrogen and oxygen atoms in total. The van der Waals surface area contributed by atoms with Crippen LogP contribution in [0.5, 0.6) is 0 Å². The Kier molecular flexibility index (Phi) is 3.05. The van der Waals surface area contributed by atoms with Crippen molar-refractivity contribution in [2.75, 3.05) is 0 Å². The quantitative estimate of drug-likeness (QED) is 0.473. The second kappa shape index (κ2) is 4.62. The van der Waals surface area contributed by atoms with E-state index in [1.165, 1.54) is 48.8 Å². The smallest absolute Gasteiger partial charge is 0.136 e. The lowest BCUT2D eigenvalue weighted by molar-refractivity contribution is 0.0815. The SMILES string of the molecule is C=C1CCC2C3CCc4cc(F)c(S)cc4C3CC[C@]12C. The molecule has 4 atom stereocenters. The third-order valence-corrected chi connectivity index (χ3v) is 7.09. The molecule has 2 saturated carbocycles.